The molecule has 0 spiro atoms. The van der Waals surface area contributed by atoms with E-state index in [4.69, 9.17) is 5.14 Å². The third-order valence-corrected chi connectivity index (χ3v) is 4.84. The molecule has 0 radical (unpaired) electrons. The fourth-order valence-corrected chi connectivity index (χ4v) is 3.13. The topological polar surface area (TPSA) is 134 Å². The smallest absolute Gasteiger partial charge is 0.276 e. The number of phenolic OH excluding ortho intramolecular Hbond substituents is 1. The first-order chi connectivity index (χ1) is 11.7. The van der Waals surface area contributed by atoms with Gasteiger partial charge in [0.2, 0.25) is 10.0 Å². The predicted molar refractivity (Wildman–Crippen MR) is 94.2 cm³/mol. The second-order valence-electron chi connectivity index (χ2n) is 5.69. The SMILES string of the molecule is Cc1cc2c(c(C)c1O)/C(=N/Nc1ccc(S(N)(=O)=O)cc1)C(=O)N2. The zero-order valence-electron chi connectivity index (χ0n) is 13.5. The van der Waals surface area contributed by atoms with Gasteiger partial charge in [0.05, 0.1) is 16.3 Å². The lowest BCUT2D eigenvalue weighted by Crippen LogP contribution is -2.16. The standard InChI is InChI=1S/C16H16N4O4S/c1-8-7-12-13(9(2)15(8)21)14(16(22)18-12)20-19-10-3-5-11(6-4-10)25(17,23)24/h3-7,19,21H,1-2H3,(H2,17,23,24)(H,18,20,22). The van der Waals surface area contributed by atoms with E-state index in [1.165, 1.54) is 24.3 Å². The van der Waals surface area contributed by atoms with Crippen LogP contribution in [0.15, 0.2) is 40.3 Å². The summed E-state index contributed by atoms with van der Waals surface area (Å²) < 4.78 is 22.5. The molecule has 0 aromatic heterocycles. The van der Waals surface area contributed by atoms with E-state index in [0.717, 1.165) is 0 Å². The van der Waals surface area contributed by atoms with Crippen molar-refractivity contribution < 1.29 is 18.3 Å². The molecule has 1 heterocycles. The second kappa shape index (κ2) is 5.87. The fraction of sp³-hybridized carbons (Fsp3) is 0.125. The Morgan fingerprint density at radius 2 is 1.84 bits per heavy atom. The maximum atomic E-state index is 12.2. The number of benzene rings is 2. The molecular weight excluding hydrogens is 344 g/mol. The lowest BCUT2D eigenvalue weighted by Gasteiger charge is -2.09. The minimum Gasteiger partial charge on any atom is -0.507 e. The molecule has 5 N–H and O–H groups in total. The number of aromatic hydroxyl groups is 1. The number of anilines is 2. The number of amides is 1. The van der Waals surface area contributed by atoms with E-state index in [2.05, 4.69) is 15.8 Å². The summed E-state index contributed by atoms with van der Waals surface area (Å²) in [5, 5.41) is 21.9. The highest BCUT2D eigenvalue weighted by Crippen LogP contribution is 2.35. The second-order valence-corrected chi connectivity index (χ2v) is 7.25. The first-order valence-corrected chi connectivity index (χ1v) is 8.84. The van der Waals surface area contributed by atoms with Gasteiger partial charge in [0.1, 0.15) is 5.75 Å². The van der Waals surface area contributed by atoms with Crippen molar-refractivity contribution in [2.75, 3.05) is 10.7 Å². The van der Waals surface area contributed by atoms with Gasteiger partial charge in [0.25, 0.3) is 5.91 Å². The normalized spacial score (nSPS) is 15.2. The van der Waals surface area contributed by atoms with Gasteiger partial charge >= 0.3 is 0 Å². The molecule has 3 rings (SSSR count). The number of nitrogens with two attached hydrogens (primary N) is 1. The Bertz CT molecular complexity index is 1010. The Kier molecular flexibility index (Phi) is 3.97. The zero-order chi connectivity index (χ0) is 18.4. The molecule has 0 fully saturated rings. The van der Waals surface area contributed by atoms with Crippen LogP contribution in [0, 0.1) is 13.8 Å². The Labute approximate surface area is 144 Å². The number of fused-ring (bicyclic) bond motifs is 1. The van der Waals surface area contributed by atoms with Crippen LogP contribution in [0.4, 0.5) is 11.4 Å². The van der Waals surface area contributed by atoms with Gasteiger partial charge in [-0.2, -0.15) is 5.10 Å². The van der Waals surface area contributed by atoms with Crippen LogP contribution < -0.4 is 15.9 Å². The van der Waals surface area contributed by atoms with Gasteiger partial charge in [-0.05, 0) is 49.7 Å². The number of nitrogens with zero attached hydrogens (tertiary/aromatic N) is 1. The van der Waals surface area contributed by atoms with Crippen LogP contribution in [-0.4, -0.2) is 25.1 Å². The largest absolute Gasteiger partial charge is 0.507 e. The molecule has 0 atom stereocenters. The average molecular weight is 360 g/mol. The molecule has 130 valence electrons. The maximum absolute atomic E-state index is 12.2. The number of rotatable bonds is 3. The van der Waals surface area contributed by atoms with E-state index in [9.17, 15) is 18.3 Å². The van der Waals surface area contributed by atoms with Crippen molar-refractivity contribution in [1.82, 2.24) is 0 Å². The van der Waals surface area contributed by atoms with Gasteiger partial charge in [0, 0.05) is 11.1 Å². The number of hydrogen-bond acceptors (Lipinski definition) is 6. The summed E-state index contributed by atoms with van der Waals surface area (Å²) in [5.74, 6) is -0.280. The molecule has 0 saturated carbocycles. The summed E-state index contributed by atoms with van der Waals surface area (Å²) >= 11 is 0. The summed E-state index contributed by atoms with van der Waals surface area (Å²) in [4.78, 5) is 12.1. The van der Waals surface area contributed by atoms with Gasteiger partial charge in [-0.25, -0.2) is 13.6 Å². The van der Waals surface area contributed by atoms with E-state index in [1.54, 1.807) is 19.9 Å². The summed E-state index contributed by atoms with van der Waals surface area (Å²) in [6.07, 6.45) is 0. The molecule has 0 bridgehead atoms. The van der Waals surface area contributed by atoms with Crippen molar-refractivity contribution in [3.63, 3.8) is 0 Å². The summed E-state index contributed by atoms with van der Waals surface area (Å²) in [6, 6.07) is 7.31. The van der Waals surface area contributed by atoms with E-state index in [1.807, 2.05) is 0 Å². The molecule has 2 aromatic carbocycles. The van der Waals surface area contributed by atoms with Gasteiger partial charge in [-0.15, -0.1) is 0 Å². The van der Waals surface area contributed by atoms with Gasteiger partial charge in [-0.3, -0.25) is 10.2 Å². The van der Waals surface area contributed by atoms with E-state index < -0.39 is 15.9 Å². The molecule has 8 nitrogen and oxygen atoms in total. The third kappa shape index (κ3) is 3.06. The highest BCUT2D eigenvalue weighted by atomic mass is 32.2. The lowest BCUT2D eigenvalue weighted by atomic mass is 10.0. The first kappa shape index (κ1) is 16.9. The minimum atomic E-state index is -3.77. The fourth-order valence-electron chi connectivity index (χ4n) is 2.62. The van der Waals surface area contributed by atoms with Gasteiger partial charge in [-0.1, -0.05) is 0 Å². The monoisotopic (exact) mass is 360 g/mol. The van der Waals surface area contributed by atoms with Crippen molar-refractivity contribution in [3.05, 3.63) is 47.0 Å². The van der Waals surface area contributed by atoms with E-state index >= 15 is 0 Å². The van der Waals surface area contributed by atoms with Crippen molar-refractivity contribution in [2.45, 2.75) is 18.7 Å². The molecule has 1 aliphatic rings. The minimum absolute atomic E-state index is 0.0223. The molecule has 0 saturated heterocycles. The number of hydrogen-bond donors (Lipinski definition) is 4. The van der Waals surface area contributed by atoms with Crippen molar-refractivity contribution >= 4 is 33.0 Å². The molecule has 2 aromatic rings. The summed E-state index contributed by atoms with van der Waals surface area (Å²) in [6.45, 7) is 3.45. The maximum Gasteiger partial charge on any atom is 0.276 e. The zero-order valence-corrected chi connectivity index (χ0v) is 14.3. The molecule has 1 aliphatic heterocycles. The van der Waals surface area contributed by atoms with Crippen molar-refractivity contribution in [1.29, 1.82) is 0 Å². The Hall–Kier alpha value is -2.91. The number of sulfonamides is 1. The average Bonchev–Trinajstić information content (AvgIpc) is 2.85. The van der Waals surface area contributed by atoms with Crippen LogP contribution in [0.2, 0.25) is 0 Å². The molecule has 9 heteroatoms. The number of carbonyl (C=O) groups is 1. The van der Waals surface area contributed by atoms with E-state index in [-0.39, 0.29) is 16.4 Å². The quantitative estimate of drug-likeness (QED) is 0.485. The molecule has 0 unspecified atom stereocenters. The van der Waals surface area contributed by atoms with Gasteiger partial charge in [0.15, 0.2) is 5.71 Å². The number of nitrogens with one attached hydrogen (secondary N) is 2. The summed E-state index contributed by atoms with van der Waals surface area (Å²) in [7, 11) is -3.77. The highest BCUT2D eigenvalue weighted by Gasteiger charge is 2.30. The molecule has 1 amide bonds. The lowest BCUT2D eigenvalue weighted by molar-refractivity contribution is -0.110. The van der Waals surface area contributed by atoms with E-state index in [0.29, 0.717) is 28.1 Å². The number of aryl methyl sites for hydroxylation is 1. The number of hydrazone groups is 1. The summed E-state index contributed by atoms with van der Waals surface area (Å²) in [5.41, 5.74) is 5.65. The van der Waals surface area contributed by atoms with Crippen LogP contribution in [0.3, 0.4) is 0 Å². The van der Waals surface area contributed by atoms with Crippen LogP contribution in [-0.2, 0) is 14.8 Å². The van der Waals surface area contributed by atoms with Crippen LogP contribution >= 0.6 is 0 Å². The highest BCUT2D eigenvalue weighted by molar-refractivity contribution is 7.89. The predicted octanol–water partition coefficient (Wildman–Crippen LogP) is 1.42. The van der Waals surface area contributed by atoms with Crippen molar-refractivity contribution in [2.24, 2.45) is 10.2 Å². The first-order valence-electron chi connectivity index (χ1n) is 7.30. The van der Waals surface area contributed by atoms with Crippen molar-refractivity contribution in [3.8, 4) is 5.75 Å². The molecule has 25 heavy (non-hydrogen) atoms. The Morgan fingerprint density at radius 1 is 1.20 bits per heavy atom. The van der Waals surface area contributed by atoms with Crippen LogP contribution in [0.25, 0.3) is 0 Å². The number of carbonyl (C=O) groups excluding carboxylic acids is 1. The molecule has 0 aliphatic carbocycles. The molecular formula is C16H16N4O4S. The number of primary sulfonamides is 1. The third-order valence-electron chi connectivity index (χ3n) is 3.91. The Balaban J connectivity index is 1.94. The van der Waals surface area contributed by atoms with Crippen LogP contribution in [0.1, 0.15) is 16.7 Å². The number of phenols is 1. The Morgan fingerprint density at radius 3 is 2.44 bits per heavy atom. The van der Waals surface area contributed by atoms with Crippen LogP contribution in [0.5, 0.6) is 5.75 Å². The van der Waals surface area contributed by atoms with Gasteiger partial charge < -0.3 is 10.4 Å².